The van der Waals surface area contributed by atoms with Crippen LogP contribution in [0.5, 0.6) is 0 Å². The molecule has 1 rings (SSSR count). The van der Waals surface area contributed by atoms with Crippen molar-refractivity contribution in [3.8, 4) is 0 Å². The lowest BCUT2D eigenvalue weighted by molar-refractivity contribution is 0.0839. The van der Waals surface area contributed by atoms with Crippen LogP contribution >= 0.6 is 0 Å². The molecule has 1 heterocycles. The zero-order chi connectivity index (χ0) is 15.3. The minimum absolute atomic E-state index is 0.0891. The lowest BCUT2D eigenvalue weighted by Crippen LogP contribution is -2.34. The van der Waals surface area contributed by atoms with E-state index in [9.17, 15) is 9.59 Å². The molecular weight excluding hydrogens is 256 g/mol. The fourth-order valence-corrected chi connectivity index (χ4v) is 1.50. The molecule has 0 fully saturated rings. The van der Waals surface area contributed by atoms with E-state index in [-0.39, 0.29) is 23.1 Å². The molecule has 0 saturated heterocycles. The third-order valence-corrected chi connectivity index (χ3v) is 2.65. The molecule has 1 amide bonds. The highest BCUT2D eigenvalue weighted by Gasteiger charge is 2.29. The molecule has 1 N–H and O–H groups in total. The van der Waals surface area contributed by atoms with E-state index in [0.717, 1.165) is 0 Å². The van der Waals surface area contributed by atoms with Gasteiger partial charge in [-0.15, -0.1) is 0 Å². The quantitative estimate of drug-likeness (QED) is 0.813. The van der Waals surface area contributed by atoms with Crippen LogP contribution < -0.4 is 5.32 Å². The molecule has 110 valence electrons. The van der Waals surface area contributed by atoms with Crippen molar-refractivity contribution < 1.29 is 9.59 Å². The molecule has 6 heteroatoms. The van der Waals surface area contributed by atoms with E-state index >= 15 is 0 Å². The topological polar surface area (TPSA) is 75.2 Å². The van der Waals surface area contributed by atoms with Crippen molar-refractivity contribution in [1.29, 1.82) is 0 Å². The van der Waals surface area contributed by atoms with Gasteiger partial charge in [-0.05, 0) is 14.1 Å². The van der Waals surface area contributed by atoms with Gasteiger partial charge < -0.3 is 10.2 Å². The average Bonchev–Trinajstić information content (AvgIpc) is 2.36. The predicted molar refractivity (Wildman–Crippen MR) is 76.7 cm³/mol. The van der Waals surface area contributed by atoms with E-state index in [1.54, 1.807) is 20.8 Å². The van der Waals surface area contributed by atoms with Gasteiger partial charge >= 0.3 is 0 Å². The maximum Gasteiger partial charge on any atom is 0.272 e. The summed E-state index contributed by atoms with van der Waals surface area (Å²) < 4.78 is 0. The van der Waals surface area contributed by atoms with Crippen LogP contribution in [0.25, 0.3) is 0 Å². The molecule has 0 spiro atoms. The minimum Gasteiger partial charge on any atom is -0.349 e. The number of hydrogen-bond acceptors (Lipinski definition) is 5. The number of carbonyl (C=O) groups is 2. The summed E-state index contributed by atoms with van der Waals surface area (Å²) in [5, 5.41) is 2.74. The Labute approximate surface area is 119 Å². The van der Waals surface area contributed by atoms with Crippen LogP contribution in [0.2, 0.25) is 0 Å². The molecule has 1 aromatic rings. The largest absolute Gasteiger partial charge is 0.349 e. The monoisotopic (exact) mass is 278 g/mol. The zero-order valence-electron chi connectivity index (χ0n) is 12.7. The lowest BCUT2D eigenvalue weighted by atomic mass is 9.88. The maximum absolute atomic E-state index is 12.3. The summed E-state index contributed by atoms with van der Waals surface area (Å²) in [4.78, 5) is 34.4. The van der Waals surface area contributed by atoms with Crippen molar-refractivity contribution >= 4 is 11.7 Å². The molecule has 6 nitrogen and oxygen atoms in total. The third kappa shape index (κ3) is 4.38. The standard InChI is InChI=1S/C14H22N4O2/c1-14(2,3)12(19)10-11(16-7-6-15-10)13(20)17-8-9-18(4)5/h6-7H,8-9H2,1-5H3,(H,17,20). The van der Waals surface area contributed by atoms with Crippen LogP contribution in [0.3, 0.4) is 0 Å². The van der Waals surface area contributed by atoms with Crippen LogP contribution in [0.1, 0.15) is 41.7 Å². The molecule has 1 aromatic heterocycles. The van der Waals surface area contributed by atoms with Gasteiger partial charge in [0.1, 0.15) is 5.69 Å². The Morgan fingerprint density at radius 1 is 1.15 bits per heavy atom. The Kier molecular flexibility index (Phi) is 5.33. The van der Waals surface area contributed by atoms with Gasteiger partial charge in [0, 0.05) is 30.9 Å². The second-order valence-electron chi connectivity index (χ2n) is 5.89. The summed E-state index contributed by atoms with van der Waals surface area (Å²) in [6, 6.07) is 0. The Balaban J connectivity index is 2.90. The lowest BCUT2D eigenvalue weighted by Gasteiger charge is -2.17. The highest BCUT2D eigenvalue weighted by atomic mass is 16.2. The first-order valence-electron chi connectivity index (χ1n) is 6.52. The molecule has 20 heavy (non-hydrogen) atoms. The van der Waals surface area contributed by atoms with E-state index in [0.29, 0.717) is 13.1 Å². The smallest absolute Gasteiger partial charge is 0.272 e. The normalized spacial score (nSPS) is 11.5. The second kappa shape index (κ2) is 6.56. The first-order valence-corrected chi connectivity index (χ1v) is 6.52. The van der Waals surface area contributed by atoms with Crippen LogP contribution in [-0.4, -0.2) is 53.7 Å². The number of ketones is 1. The fraction of sp³-hybridized carbons (Fsp3) is 0.571. The SMILES string of the molecule is CN(C)CCNC(=O)c1nccnc1C(=O)C(C)(C)C. The van der Waals surface area contributed by atoms with E-state index in [1.165, 1.54) is 12.4 Å². The maximum atomic E-state index is 12.3. The molecule has 0 atom stereocenters. The number of amides is 1. The summed E-state index contributed by atoms with van der Waals surface area (Å²) in [6.07, 6.45) is 2.84. The van der Waals surface area contributed by atoms with Crippen LogP contribution in [0.15, 0.2) is 12.4 Å². The van der Waals surface area contributed by atoms with Crippen molar-refractivity contribution in [1.82, 2.24) is 20.2 Å². The minimum atomic E-state index is -0.602. The molecule has 0 saturated carbocycles. The van der Waals surface area contributed by atoms with Crippen LogP contribution in [-0.2, 0) is 0 Å². The third-order valence-electron chi connectivity index (χ3n) is 2.65. The van der Waals surface area contributed by atoms with Gasteiger partial charge in [-0.25, -0.2) is 9.97 Å². The molecule has 0 bridgehead atoms. The number of nitrogens with zero attached hydrogens (tertiary/aromatic N) is 3. The second-order valence-corrected chi connectivity index (χ2v) is 5.89. The Morgan fingerprint density at radius 2 is 1.70 bits per heavy atom. The van der Waals surface area contributed by atoms with Gasteiger partial charge in [0.05, 0.1) is 0 Å². The number of Topliss-reactive ketones (excluding diaryl/α,β-unsaturated/α-hetero) is 1. The zero-order valence-corrected chi connectivity index (χ0v) is 12.7. The number of nitrogens with one attached hydrogen (secondary N) is 1. The Hall–Kier alpha value is -1.82. The van der Waals surface area contributed by atoms with E-state index in [1.807, 2.05) is 19.0 Å². The molecule has 0 aliphatic heterocycles. The Morgan fingerprint density at radius 3 is 2.20 bits per heavy atom. The predicted octanol–water partition coefficient (Wildman–Crippen LogP) is 0.997. The number of carbonyl (C=O) groups excluding carboxylic acids is 2. The average molecular weight is 278 g/mol. The summed E-state index contributed by atoms with van der Waals surface area (Å²) in [6.45, 7) is 6.58. The van der Waals surface area contributed by atoms with Crippen LogP contribution in [0, 0.1) is 5.41 Å². The summed E-state index contributed by atoms with van der Waals surface area (Å²) in [7, 11) is 3.84. The molecule has 0 unspecified atom stereocenters. The van der Waals surface area contributed by atoms with E-state index < -0.39 is 5.41 Å². The highest BCUT2D eigenvalue weighted by molar-refractivity contribution is 6.07. The molecule has 0 aliphatic carbocycles. The molecule has 0 radical (unpaired) electrons. The van der Waals surface area contributed by atoms with Crippen molar-refractivity contribution in [3.63, 3.8) is 0 Å². The summed E-state index contributed by atoms with van der Waals surface area (Å²) in [5.74, 6) is -0.559. The van der Waals surface area contributed by atoms with Crippen molar-refractivity contribution in [3.05, 3.63) is 23.8 Å². The van der Waals surface area contributed by atoms with Gasteiger partial charge in [0.2, 0.25) is 0 Å². The number of rotatable bonds is 5. The number of likely N-dealkylation sites (N-methyl/N-ethyl adjacent to an activating group) is 1. The first-order chi connectivity index (χ1) is 9.23. The van der Waals surface area contributed by atoms with E-state index in [2.05, 4.69) is 15.3 Å². The van der Waals surface area contributed by atoms with E-state index in [4.69, 9.17) is 0 Å². The van der Waals surface area contributed by atoms with Gasteiger partial charge in [-0.2, -0.15) is 0 Å². The summed E-state index contributed by atoms with van der Waals surface area (Å²) >= 11 is 0. The number of aromatic nitrogens is 2. The van der Waals surface area contributed by atoms with Gasteiger partial charge in [0.15, 0.2) is 11.5 Å². The van der Waals surface area contributed by atoms with Crippen molar-refractivity contribution in [2.45, 2.75) is 20.8 Å². The fourth-order valence-electron chi connectivity index (χ4n) is 1.50. The van der Waals surface area contributed by atoms with Crippen LogP contribution in [0.4, 0.5) is 0 Å². The van der Waals surface area contributed by atoms with Gasteiger partial charge in [-0.3, -0.25) is 9.59 Å². The van der Waals surface area contributed by atoms with Crippen molar-refractivity contribution in [2.24, 2.45) is 5.41 Å². The molecule has 0 aromatic carbocycles. The van der Waals surface area contributed by atoms with Gasteiger partial charge in [0.25, 0.3) is 5.91 Å². The van der Waals surface area contributed by atoms with Gasteiger partial charge in [-0.1, -0.05) is 20.8 Å². The van der Waals surface area contributed by atoms with Crippen molar-refractivity contribution in [2.75, 3.05) is 27.2 Å². The summed E-state index contributed by atoms with van der Waals surface area (Å²) in [5.41, 5.74) is -0.386. The molecule has 0 aliphatic rings. The highest BCUT2D eigenvalue weighted by Crippen LogP contribution is 2.20. The first kappa shape index (κ1) is 16.2. The Bertz CT molecular complexity index is 492. The molecular formula is C14H22N4O2. The number of hydrogen-bond donors (Lipinski definition) is 1.